The van der Waals surface area contributed by atoms with Crippen LogP contribution >= 0.6 is 0 Å². The number of hydrogen-bond acceptors (Lipinski definition) is 4. The molecule has 0 aliphatic carbocycles. The second kappa shape index (κ2) is 14.7. The predicted molar refractivity (Wildman–Crippen MR) is 156 cm³/mol. The largest absolute Gasteiger partial charge is 0.356 e. The van der Waals surface area contributed by atoms with Crippen molar-refractivity contribution >= 4 is 17.3 Å². The summed E-state index contributed by atoms with van der Waals surface area (Å²) in [5.74, 6) is -0.274. The van der Waals surface area contributed by atoms with Crippen LogP contribution in [0.25, 0.3) is 5.57 Å². The second-order valence-electron chi connectivity index (χ2n) is 9.49. The first-order chi connectivity index (χ1) is 18.2. The third-order valence-electron chi connectivity index (χ3n) is 6.56. The molecule has 1 saturated heterocycles. The van der Waals surface area contributed by atoms with Crippen LogP contribution in [0.4, 0.5) is 10.2 Å². The minimum Gasteiger partial charge on any atom is -0.356 e. The molecule has 0 saturated carbocycles. The molecule has 0 atom stereocenters. The summed E-state index contributed by atoms with van der Waals surface area (Å²) in [5, 5.41) is 12.6. The zero-order valence-corrected chi connectivity index (χ0v) is 23.2. The van der Waals surface area contributed by atoms with E-state index in [1.807, 2.05) is 63.4 Å². The highest BCUT2D eigenvalue weighted by Crippen LogP contribution is 2.29. The van der Waals surface area contributed by atoms with E-state index in [9.17, 15) is 14.4 Å². The Morgan fingerprint density at radius 2 is 1.95 bits per heavy atom. The lowest BCUT2D eigenvalue weighted by molar-refractivity contribution is -0.119. The number of allylic oxidation sites excluding steroid dienone is 11. The number of nitrogens with zero attached hydrogens (tertiary/aromatic N) is 3. The maximum absolute atomic E-state index is 14.1. The van der Waals surface area contributed by atoms with E-state index in [-0.39, 0.29) is 5.57 Å². The van der Waals surface area contributed by atoms with Gasteiger partial charge in [-0.3, -0.25) is 4.79 Å². The van der Waals surface area contributed by atoms with Gasteiger partial charge in [0, 0.05) is 30.4 Å². The molecule has 1 amide bonds. The third-order valence-corrected chi connectivity index (χ3v) is 6.56. The first-order valence-electron chi connectivity index (χ1n) is 13.0. The number of nitrogens with one attached hydrogen (secondary N) is 1. The average Bonchev–Trinajstić information content (AvgIpc) is 2.92. The van der Waals surface area contributed by atoms with Crippen LogP contribution < -0.4 is 10.2 Å². The molecule has 0 unspecified atom stereocenters. The molecule has 6 heteroatoms. The van der Waals surface area contributed by atoms with E-state index in [1.165, 1.54) is 12.2 Å². The fourth-order valence-corrected chi connectivity index (χ4v) is 4.12. The van der Waals surface area contributed by atoms with Crippen molar-refractivity contribution < 1.29 is 9.18 Å². The van der Waals surface area contributed by atoms with Gasteiger partial charge in [0.25, 0.3) is 5.91 Å². The number of rotatable bonds is 10. The van der Waals surface area contributed by atoms with Gasteiger partial charge in [0.1, 0.15) is 11.6 Å². The van der Waals surface area contributed by atoms with Crippen LogP contribution in [0.3, 0.4) is 0 Å². The van der Waals surface area contributed by atoms with Crippen LogP contribution in [-0.4, -0.2) is 29.5 Å². The van der Waals surface area contributed by atoms with Crippen molar-refractivity contribution in [1.82, 2.24) is 10.3 Å². The molecule has 1 aliphatic heterocycles. The third kappa shape index (κ3) is 8.27. The maximum Gasteiger partial charge on any atom is 0.254 e. The van der Waals surface area contributed by atoms with Gasteiger partial charge in [-0.1, -0.05) is 50.0 Å². The lowest BCUT2D eigenvalue weighted by atomic mass is 9.89. The standard InChI is InChI=1S/C32H39FN4O/c1-7-10-12-14-28(24(4)26(22-34)13-9-3)27-16-17-30(35-23-27)37-20-18-32(6,19-21-37)36-31(38)25(5)29(33)15-11-8-2/h8-17,23H,5,7,18-21H2,1-4,6H3,(H,36,38)/b11-8-,12-10-,13-9-,26-24-,28-14+,29-15+. The molecule has 38 heavy (non-hydrogen) atoms. The van der Waals surface area contributed by atoms with Gasteiger partial charge in [0.15, 0.2) is 0 Å². The molecule has 200 valence electrons. The van der Waals surface area contributed by atoms with Gasteiger partial charge in [-0.25, -0.2) is 9.37 Å². The SMILES string of the molecule is C=C(C(=O)NC1(C)CCN(c2ccc(C(=C/C=C\CC)/C(C)=C(C#N)/C=C\C)cn2)CC1)/C(F)=C\C=C/C. The minimum atomic E-state index is -0.637. The average molecular weight is 515 g/mol. The summed E-state index contributed by atoms with van der Waals surface area (Å²) in [6.45, 7) is 14.7. The number of nitriles is 1. The van der Waals surface area contributed by atoms with E-state index in [4.69, 9.17) is 4.98 Å². The smallest absolute Gasteiger partial charge is 0.254 e. The summed E-state index contributed by atoms with van der Waals surface area (Å²) >= 11 is 0. The number of aromatic nitrogens is 1. The molecule has 1 fully saturated rings. The van der Waals surface area contributed by atoms with Gasteiger partial charge in [-0.15, -0.1) is 0 Å². The van der Waals surface area contributed by atoms with Crippen molar-refractivity contribution in [2.24, 2.45) is 0 Å². The summed E-state index contributed by atoms with van der Waals surface area (Å²) in [6, 6.07) is 6.31. The van der Waals surface area contributed by atoms with Crippen LogP contribution in [0.5, 0.6) is 0 Å². The van der Waals surface area contributed by atoms with Crippen LogP contribution in [0.15, 0.2) is 96.1 Å². The quantitative estimate of drug-likeness (QED) is 0.202. The van der Waals surface area contributed by atoms with E-state index in [0.717, 1.165) is 28.9 Å². The first kappa shape index (κ1) is 30.2. The van der Waals surface area contributed by atoms with Crippen molar-refractivity contribution in [1.29, 1.82) is 5.26 Å². The molecule has 2 heterocycles. The van der Waals surface area contributed by atoms with Gasteiger partial charge in [-0.2, -0.15) is 5.26 Å². The first-order valence-corrected chi connectivity index (χ1v) is 13.0. The van der Waals surface area contributed by atoms with E-state index in [0.29, 0.717) is 31.5 Å². The summed E-state index contributed by atoms with van der Waals surface area (Å²) in [4.78, 5) is 19.5. The Morgan fingerprint density at radius 1 is 1.24 bits per heavy atom. The van der Waals surface area contributed by atoms with Gasteiger partial charge in [0.2, 0.25) is 0 Å². The number of anilines is 1. The highest BCUT2D eigenvalue weighted by atomic mass is 19.1. The molecular weight excluding hydrogens is 475 g/mol. The Labute approximate surface area is 227 Å². The molecule has 1 aliphatic rings. The zero-order chi connectivity index (χ0) is 28.1. The molecular formula is C32H39FN4O. The maximum atomic E-state index is 14.1. The Kier molecular flexibility index (Phi) is 11.7. The molecule has 0 aromatic carbocycles. The number of halogens is 1. The summed E-state index contributed by atoms with van der Waals surface area (Å²) in [5.41, 5.74) is 2.77. The van der Waals surface area contributed by atoms with Crippen LogP contribution in [0.2, 0.25) is 0 Å². The predicted octanol–water partition coefficient (Wildman–Crippen LogP) is 7.31. The molecule has 1 aromatic heterocycles. The summed E-state index contributed by atoms with van der Waals surface area (Å²) in [7, 11) is 0. The number of amides is 1. The Balaban J connectivity index is 2.16. The highest BCUT2D eigenvalue weighted by molar-refractivity contribution is 5.97. The molecule has 0 spiro atoms. The van der Waals surface area contributed by atoms with Crippen molar-refractivity contribution in [3.63, 3.8) is 0 Å². The van der Waals surface area contributed by atoms with E-state index in [2.05, 4.69) is 35.9 Å². The Bertz CT molecular complexity index is 1210. The van der Waals surface area contributed by atoms with Crippen molar-refractivity contribution in [2.45, 2.75) is 59.4 Å². The summed E-state index contributed by atoms with van der Waals surface area (Å²) < 4.78 is 14.1. The van der Waals surface area contributed by atoms with Crippen LogP contribution in [-0.2, 0) is 4.79 Å². The summed E-state index contributed by atoms with van der Waals surface area (Å²) in [6.07, 6.45) is 18.4. The lowest BCUT2D eigenvalue weighted by Gasteiger charge is -2.40. The molecule has 2 rings (SSSR count). The lowest BCUT2D eigenvalue weighted by Crippen LogP contribution is -2.53. The number of piperidine rings is 1. The number of pyridine rings is 1. The topological polar surface area (TPSA) is 69.0 Å². The van der Waals surface area contributed by atoms with Gasteiger partial charge in [-0.05, 0) is 82.4 Å². The Hall–Kier alpha value is -3.98. The van der Waals surface area contributed by atoms with Crippen LogP contribution in [0.1, 0.15) is 59.4 Å². The molecule has 1 aromatic rings. The highest BCUT2D eigenvalue weighted by Gasteiger charge is 2.33. The van der Waals surface area contributed by atoms with E-state index >= 15 is 0 Å². The van der Waals surface area contributed by atoms with Gasteiger partial charge in [0.05, 0.1) is 17.2 Å². The monoisotopic (exact) mass is 514 g/mol. The molecule has 0 radical (unpaired) electrons. The molecule has 0 bridgehead atoms. The van der Waals surface area contributed by atoms with Crippen molar-refractivity contribution in [3.8, 4) is 6.07 Å². The van der Waals surface area contributed by atoms with Crippen LogP contribution in [0, 0.1) is 11.3 Å². The Morgan fingerprint density at radius 3 is 2.50 bits per heavy atom. The normalized spacial score (nSPS) is 17.1. The molecule has 5 nitrogen and oxygen atoms in total. The number of carbonyl (C=O) groups is 1. The van der Waals surface area contributed by atoms with Crippen molar-refractivity contribution in [3.05, 3.63) is 102 Å². The minimum absolute atomic E-state index is 0.167. The van der Waals surface area contributed by atoms with Crippen molar-refractivity contribution in [2.75, 3.05) is 18.0 Å². The van der Waals surface area contributed by atoms with E-state index in [1.54, 1.807) is 13.0 Å². The second-order valence-corrected chi connectivity index (χ2v) is 9.49. The molecule has 1 N–H and O–H groups in total. The van der Waals surface area contributed by atoms with Gasteiger partial charge >= 0.3 is 0 Å². The van der Waals surface area contributed by atoms with E-state index < -0.39 is 17.3 Å². The fourth-order valence-electron chi connectivity index (χ4n) is 4.12. The fraction of sp³-hybridized carbons (Fsp3) is 0.344. The number of hydrogen-bond donors (Lipinski definition) is 1. The van der Waals surface area contributed by atoms with Gasteiger partial charge < -0.3 is 10.2 Å². The zero-order valence-electron chi connectivity index (χ0n) is 23.2. The number of carbonyl (C=O) groups excluding carboxylic acids is 1.